The van der Waals surface area contributed by atoms with Gasteiger partial charge in [-0.05, 0) is 32.9 Å². The summed E-state index contributed by atoms with van der Waals surface area (Å²) in [4.78, 5) is 2.25. The van der Waals surface area contributed by atoms with Gasteiger partial charge in [0.25, 0.3) is 0 Å². The van der Waals surface area contributed by atoms with Crippen LogP contribution in [0.4, 0.5) is 0 Å². The largest absolute Gasteiger partial charge is 0.393 e. The van der Waals surface area contributed by atoms with Crippen LogP contribution in [0.5, 0.6) is 0 Å². The Bertz CT molecular complexity index is 181. The van der Waals surface area contributed by atoms with E-state index in [1.54, 1.807) is 0 Å². The summed E-state index contributed by atoms with van der Waals surface area (Å²) in [5.74, 6) is 0.353. The van der Waals surface area contributed by atoms with Crippen molar-refractivity contribution >= 4 is 0 Å². The second-order valence-corrected chi connectivity index (χ2v) is 4.84. The summed E-state index contributed by atoms with van der Waals surface area (Å²) in [7, 11) is 2.09. The van der Waals surface area contributed by atoms with Gasteiger partial charge in [-0.15, -0.1) is 0 Å². The number of hydrogen-bond acceptors (Lipinski definition) is 4. The summed E-state index contributed by atoms with van der Waals surface area (Å²) in [5, 5.41) is 9.39. The molecular formula is C12H25NO3. The van der Waals surface area contributed by atoms with Crippen molar-refractivity contribution in [2.24, 2.45) is 5.92 Å². The molecule has 0 aliphatic carbocycles. The van der Waals surface area contributed by atoms with Gasteiger partial charge >= 0.3 is 0 Å². The van der Waals surface area contributed by atoms with Gasteiger partial charge in [-0.3, -0.25) is 0 Å². The molecule has 16 heavy (non-hydrogen) atoms. The summed E-state index contributed by atoms with van der Waals surface area (Å²) < 4.78 is 10.9. The van der Waals surface area contributed by atoms with Crippen molar-refractivity contribution in [1.82, 2.24) is 4.90 Å². The number of likely N-dealkylation sites (N-methyl/N-ethyl adjacent to an activating group) is 1. The Morgan fingerprint density at radius 3 is 2.69 bits per heavy atom. The van der Waals surface area contributed by atoms with E-state index in [0.29, 0.717) is 19.1 Å². The first-order valence-corrected chi connectivity index (χ1v) is 6.15. The van der Waals surface area contributed by atoms with Crippen LogP contribution in [0.1, 0.15) is 20.3 Å². The molecule has 0 bridgehead atoms. The van der Waals surface area contributed by atoms with E-state index in [1.807, 2.05) is 6.92 Å². The molecule has 1 heterocycles. The molecular weight excluding hydrogens is 206 g/mol. The quantitative estimate of drug-likeness (QED) is 0.732. The van der Waals surface area contributed by atoms with Gasteiger partial charge in [0, 0.05) is 6.54 Å². The molecule has 3 unspecified atom stereocenters. The van der Waals surface area contributed by atoms with Crippen LogP contribution in [0.3, 0.4) is 0 Å². The minimum Gasteiger partial charge on any atom is -0.393 e. The summed E-state index contributed by atoms with van der Waals surface area (Å²) in [5.41, 5.74) is 0. The number of aliphatic hydroxyl groups is 1. The van der Waals surface area contributed by atoms with Gasteiger partial charge in [0.05, 0.1) is 32.0 Å². The van der Waals surface area contributed by atoms with Crippen molar-refractivity contribution in [2.45, 2.75) is 32.5 Å². The first-order chi connectivity index (χ1) is 7.59. The average Bonchev–Trinajstić information content (AvgIpc) is 2.27. The molecule has 3 atom stereocenters. The Balaban J connectivity index is 2.12. The Kier molecular flexibility index (Phi) is 6.28. The van der Waals surface area contributed by atoms with Crippen LogP contribution in [-0.2, 0) is 9.47 Å². The van der Waals surface area contributed by atoms with E-state index >= 15 is 0 Å². The molecule has 0 aromatic carbocycles. The lowest BCUT2D eigenvalue weighted by Crippen LogP contribution is -2.39. The standard InChI is InChI=1S/C12H25NO3/c1-10(11(2)14)4-5-13(3)8-12-9-15-6-7-16-12/h10-12,14H,4-9H2,1-3H3. The fraction of sp³-hybridized carbons (Fsp3) is 1.00. The fourth-order valence-corrected chi connectivity index (χ4v) is 1.75. The molecule has 0 aromatic rings. The van der Waals surface area contributed by atoms with Gasteiger partial charge < -0.3 is 19.5 Å². The van der Waals surface area contributed by atoms with Crippen molar-refractivity contribution in [3.63, 3.8) is 0 Å². The maximum Gasteiger partial charge on any atom is 0.0936 e. The lowest BCUT2D eigenvalue weighted by molar-refractivity contribution is -0.0960. The molecule has 0 radical (unpaired) electrons. The summed E-state index contributed by atoms with van der Waals surface area (Å²) >= 11 is 0. The highest BCUT2D eigenvalue weighted by Crippen LogP contribution is 2.09. The number of rotatable bonds is 6. The van der Waals surface area contributed by atoms with Crippen LogP contribution < -0.4 is 0 Å². The molecule has 0 amide bonds. The number of aliphatic hydroxyl groups excluding tert-OH is 1. The first-order valence-electron chi connectivity index (χ1n) is 6.15. The molecule has 1 N–H and O–H groups in total. The SMILES string of the molecule is CC(O)C(C)CCN(C)CC1COCCO1. The molecule has 0 aromatic heterocycles. The molecule has 96 valence electrons. The van der Waals surface area contributed by atoms with Crippen molar-refractivity contribution in [1.29, 1.82) is 0 Å². The highest BCUT2D eigenvalue weighted by Gasteiger charge is 2.17. The third kappa shape index (κ3) is 5.25. The van der Waals surface area contributed by atoms with E-state index < -0.39 is 0 Å². The van der Waals surface area contributed by atoms with E-state index in [-0.39, 0.29) is 12.2 Å². The molecule has 4 nitrogen and oxygen atoms in total. The van der Waals surface area contributed by atoms with Gasteiger partial charge in [-0.25, -0.2) is 0 Å². The topological polar surface area (TPSA) is 41.9 Å². The van der Waals surface area contributed by atoms with E-state index in [4.69, 9.17) is 9.47 Å². The van der Waals surface area contributed by atoms with Gasteiger partial charge in [0.15, 0.2) is 0 Å². The van der Waals surface area contributed by atoms with E-state index in [2.05, 4.69) is 18.9 Å². The zero-order valence-corrected chi connectivity index (χ0v) is 10.7. The molecule has 0 saturated carbocycles. The van der Waals surface area contributed by atoms with Gasteiger partial charge in [0.1, 0.15) is 0 Å². The van der Waals surface area contributed by atoms with Crippen molar-refractivity contribution in [3.8, 4) is 0 Å². The molecule has 1 aliphatic rings. The molecule has 4 heteroatoms. The van der Waals surface area contributed by atoms with E-state index in [9.17, 15) is 5.11 Å². The molecule has 1 rings (SSSR count). The highest BCUT2D eigenvalue weighted by molar-refractivity contribution is 4.67. The van der Waals surface area contributed by atoms with Gasteiger partial charge in [0.2, 0.25) is 0 Å². The smallest absolute Gasteiger partial charge is 0.0936 e. The van der Waals surface area contributed by atoms with E-state index in [0.717, 1.165) is 26.1 Å². The third-order valence-electron chi connectivity index (χ3n) is 3.19. The first kappa shape index (κ1) is 13.9. The predicted octanol–water partition coefficient (Wildman–Crippen LogP) is 0.741. The minimum absolute atomic E-state index is 0.209. The number of hydrogen-bond donors (Lipinski definition) is 1. The van der Waals surface area contributed by atoms with Crippen LogP contribution in [-0.4, -0.2) is 62.2 Å². The second-order valence-electron chi connectivity index (χ2n) is 4.84. The Morgan fingerprint density at radius 2 is 2.12 bits per heavy atom. The molecule has 1 aliphatic heterocycles. The monoisotopic (exact) mass is 231 g/mol. The van der Waals surface area contributed by atoms with Crippen LogP contribution in [0.2, 0.25) is 0 Å². The minimum atomic E-state index is -0.220. The third-order valence-corrected chi connectivity index (χ3v) is 3.19. The molecule has 1 fully saturated rings. The zero-order valence-electron chi connectivity index (χ0n) is 10.7. The van der Waals surface area contributed by atoms with Crippen LogP contribution in [0, 0.1) is 5.92 Å². The van der Waals surface area contributed by atoms with Crippen molar-refractivity contribution in [3.05, 3.63) is 0 Å². The van der Waals surface area contributed by atoms with Crippen LogP contribution >= 0.6 is 0 Å². The van der Waals surface area contributed by atoms with Crippen molar-refractivity contribution in [2.75, 3.05) is 40.0 Å². The maximum atomic E-state index is 9.39. The van der Waals surface area contributed by atoms with Crippen LogP contribution in [0.15, 0.2) is 0 Å². The molecule has 0 spiro atoms. The van der Waals surface area contributed by atoms with E-state index in [1.165, 1.54) is 0 Å². The Hall–Kier alpha value is -0.160. The zero-order chi connectivity index (χ0) is 12.0. The number of nitrogens with zero attached hydrogens (tertiary/aromatic N) is 1. The summed E-state index contributed by atoms with van der Waals surface area (Å²) in [6.45, 7) is 7.97. The molecule has 1 saturated heterocycles. The van der Waals surface area contributed by atoms with Crippen LogP contribution in [0.25, 0.3) is 0 Å². The van der Waals surface area contributed by atoms with Crippen molar-refractivity contribution < 1.29 is 14.6 Å². The lowest BCUT2D eigenvalue weighted by atomic mass is 10.0. The Morgan fingerprint density at radius 1 is 1.38 bits per heavy atom. The average molecular weight is 231 g/mol. The predicted molar refractivity (Wildman–Crippen MR) is 63.5 cm³/mol. The highest BCUT2D eigenvalue weighted by atomic mass is 16.6. The fourth-order valence-electron chi connectivity index (χ4n) is 1.75. The maximum absolute atomic E-state index is 9.39. The Labute approximate surface area is 98.5 Å². The normalized spacial score (nSPS) is 25.7. The van der Waals surface area contributed by atoms with Gasteiger partial charge in [-0.2, -0.15) is 0 Å². The van der Waals surface area contributed by atoms with Gasteiger partial charge in [-0.1, -0.05) is 6.92 Å². The lowest BCUT2D eigenvalue weighted by Gasteiger charge is -2.28. The summed E-state index contributed by atoms with van der Waals surface area (Å²) in [6.07, 6.45) is 1.00. The second kappa shape index (κ2) is 7.22. The summed E-state index contributed by atoms with van der Waals surface area (Å²) in [6, 6.07) is 0. The number of ether oxygens (including phenoxy) is 2.